The SMILES string of the molecule is C=CC(=O)Nc1cc(Nc2cc(N3OCCC3c3cccc(-c4ccc(O)nc4)c3)ncn2)c(OC)cc1N(C)CCN(C)C. The molecule has 0 saturated carbocycles. The molecule has 5 rings (SSSR count). The molecular formula is C33H38N8O4. The van der Waals surface area contributed by atoms with Gasteiger partial charge in [-0.05, 0) is 49.5 Å². The number of benzene rings is 2. The van der Waals surface area contributed by atoms with Crippen LogP contribution in [0.5, 0.6) is 11.6 Å². The van der Waals surface area contributed by atoms with Crippen LogP contribution in [-0.4, -0.2) is 78.8 Å². The number of pyridine rings is 1. The van der Waals surface area contributed by atoms with E-state index >= 15 is 0 Å². The lowest BCUT2D eigenvalue weighted by Gasteiger charge is -2.26. The third-order valence-corrected chi connectivity index (χ3v) is 7.45. The second-order valence-electron chi connectivity index (χ2n) is 10.9. The van der Waals surface area contributed by atoms with Gasteiger partial charge in [0, 0.05) is 56.5 Å². The molecule has 0 radical (unpaired) electrons. The maximum atomic E-state index is 12.3. The number of methoxy groups -OCH3 is 1. The zero-order valence-corrected chi connectivity index (χ0v) is 25.9. The van der Waals surface area contributed by atoms with Crippen LogP contribution in [0.2, 0.25) is 0 Å². The molecule has 1 amide bonds. The highest BCUT2D eigenvalue weighted by atomic mass is 16.7. The second kappa shape index (κ2) is 14.1. The predicted molar refractivity (Wildman–Crippen MR) is 176 cm³/mol. The highest BCUT2D eigenvalue weighted by molar-refractivity contribution is 6.02. The fraction of sp³-hybridized carbons (Fsp3) is 0.273. The Bertz CT molecular complexity index is 1650. The van der Waals surface area contributed by atoms with Gasteiger partial charge in [0.2, 0.25) is 11.8 Å². The minimum Gasteiger partial charge on any atom is -0.494 e. The Morgan fingerprint density at radius 3 is 2.67 bits per heavy atom. The van der Waals surface area contributed by atoms with Crippen LogP contribution < -0.4 is 25.3 Å². The molecule has 1 aliphatic heterocycles. The van der Waals surface area contributed by atoms with Crippen LogP contribution in [0, 0.1) is 0 Å². The van der Waals surface area contributed by atoms with E-state index in [1.54, 1.807) is 24.4 Å². The van der Waals surface area contributed by atoms with E-state index in [9.17, 15) is 9.90 Å². The fourth-order valence-corrected chi connectivity index (χ4v) is 5.06. The second-order valence-corrected chi connectivity index (χ2v) is 10.9. The van der Waals surface area contributed by atoms with Crippen molar-refractivity contribution in [3.05, 3.63) is 85.3 Å². The monoisotopic (exact) mass is 610 g/mol. The normalized spacial score (nSPS) is 14.3. The maximum absolute atomic E-state index is 12.3. The predicted octanol–water partition coefficient (Wildman–Crippen LogP) is 5.00. The van der Waals surface area contributed by atoms with Crippen LogP contribution in [0.15, 0.2) is 79.8 Å². The first kappa shape index (κ1) is 31.2. The van der Waals surface area contributed by atoms with Gasteiger partial charge < -0.3 is 30.3 Å². The first-order chi connectivity index (χ1) is 21.7. The van der Waals surface area contributed by atoms with Gasteiger partial charge in [0.15, 0.2) is 5.82 Å². The summed E-state index contributed by atoms with van der Waals surface area (Å²) in [6, 6.07) is 17.0. The number of likely N-dealkylation sites (N-methyl/N-ethyl adjacent to an activating group) is 2. The molecule has 1 unspecified atom stereocenters. The third-order valence-electron chi connectivity index (χ3n) is 7.45. The Morgan fingerprint density at radius 2 is 1.93 bits per heavy atom. The number of hydroxylamine groups is 1. The Hall–Kier alpha value is -5.20. The van der Waals surface area contributed by atoms with Gasteiger partial charge >= 0.3 is 0 Å². The Labute approximate surface area is 262 Å². The zero-order chi connectivity index (χ0) is 31.9. The summed E-state index contributed by atoms with van der Waals surface area (Å²) in [5.41, 5.74) is 4.96. The van der Waals surface area contributed by atoms with E-state index in [1.807, 2.05) is 57.5 Å². The number of hydrogen-bond donors (Lipinski definition) is 3. The van der Waals surface area contributed by atoms with Crippen molar-refractivity contribution >= 4 is 34.6 Å². The van der Waals surface area contributed by atoms with Crippen molar-refractivity contribution in [3.63, 3.8) is 0 Å². The number of rotatable bonds is 12. The molecule has 0 aliphatic carbocycles. The molecule has 3 N–H and O–H groups in total. The lowest BCUT2D eigenvalue weighted by Crippen LogP contribution is -2.29. The number of anilines is 5. The molecule has 2 aromatic carbocycles. The van der Waals surface area contributed by atoms with E-state index in [1.165, 1.54) is 12.4 Å². The van der Waals surface area contributed by atoms with Crippen LogP contribution in [0.25, 0.3) is 11.1 Å². The number of aromatic nitrogens is 3. The summed E-state index contributed by atoms with van der Waals surface area (Å²) in [5.74, 6) is 1.35. The first-order valence-corrected chi connectivity index (χ1v) is 14.5. The molecule has 1 atom stereocenters. The lowest BCUT2D eigenvalue weighted by molar-refractivity contribution is -0.111. The smallest absolute Gasteiger partial charge is 0.247 e. The summed E-state index contributed by atoms with van der Waals surface area (Å²) in [5, 5.41) is 17.6. The molecule has 3 heterocycles. The van der Waals surface area contributed by atoms with Crippen molar-refractivity contribution in [2.75, 3.05) is 68.5 Å². The van der Waals surface area contributed by atoms with E-state index in [4.69, 9.17) is 9.57 Å². The highest BCUT2D eigenvalue weighted by Gasteiger charge is 2.29. The summed E-state index contributed by atoms with van der Waals surface area (Å²) < 4.78 is 5.75. The quantitative estimate of drug-likeness (QED) is 0.188. The standard InChI is InChI=1S/C33H38N8O4/c1-6-32(42)38-25-17-26(29(44-5)18-28(25)40(4)14-13-39(2)3)37-30-19-31(36-21-35-30)41-27(12-15-45-41)23-9-7-8-22(16-23)24-10-11-33(43)34-20-24/h6-11,16-21,27H,1,12-15H2,2-5H3,(H,34,43)(H,38,42)(H,35,36,37). The fourth-order valence-electron chi connectivity index (χ4n) is 5.06. The number of nitrogens with zero attached hydrogens (tertiary/aromatic N) is 6. The van der Waals surface area contributed by atoms with Crippen LogP contribution in [-0.2, 0) is 9.63 Å². The molecule has 12 nitrogen and oxygen atoms in total. The molecule has 0 bridgehead atoms. The number of ether oxygens (including phenoxy) is 1. The van der Waals surface area contributed by atoms with Crippen LogP contribution in [0.3, 0.4) is 0 Å². The maximum Gasteiger partial charge on any atom is 0.247 e. The lowest BCUT2D eigenvalue weighted by atomic mass is 9.99. The first-order valence-electron chi connectivity index (χ1n) is 14.5. The Kier molecular flexibility index (Phi) is 9.76. The van der Waals surface area contributed by atoms with Crippen LogP contribution >= 0.6 is 0 Å². The van der Waals surface area contributed by atoms with Crippen molar-refractivity contribution in [1.29, 1.82) is 0 Å². The number of carbonyl (C=O) groups is 1. The van der Waals surface area contributed by atoms with Crippen molar-refractivity contribution in [2.24, 2.45) is 0 Å². The summed E-state index contributed by atoms with van der Waals surface area (Å²) in [6.45, 7) is 5.69. The topological polar surface area (TPSA) is 128 Å². The van der Waals surface area contributed by atoms with Gasteiger partial charge in [-0.25, -0.2) is 20.0 Å². The minimum absolute atomic E-state index is 0.0166. The summed E-state index contributed by atoms with van der Waals surface area (Å²) in [4.78, 5) is 35.5. The van der Waals surface area contributed by atoms with Gasteiger partial charge in [-0.2, -0.15) is 0 Å². The highest BCUT2D eigenvalue weighted by Crippen LogP contribution is 2.39. The average Bonchev–Trinajstić information content (AvgIpc) is 3.54. The van der Waals surface area contributed by atoms with Crippen molar-refractivity contribution in [1.82, 2.24) is 19.9 Å². The largest absolute Gasteiger partial charge is 0.494 e. The van der Waals surface area contributed by atoms with Crippen molar-refractivity contribution in [3.8, 4) is 22.8 Å². The zero-order valence-electron chi connectivity index (χ0n) is 25.9. The van der Waals surface area contributed by atoms with Gasteiger partial charge in [0.1, 0.15) is 17.9 Å². The Balaban J connectivity index is 1.41. The Morgan fingerprint density at radius 1 is 1.09 bits per heavy atom. The molecule has 1 aliphatic rings. The van der Waals surface area contributed by atoms with Crippen LogP contribution in [0.4, 0.5) is 28.7 Å². The van der Waals surface area contributed by atoms with E-state index in [2.05, 4.69) is 54.1 Å². The summed E-state index contributed by atoms with van der Waals surface area (Å²) >= 11 is 0. The van der Waals surface area contributed by atoms with E-state index in [0.29, 0.717) is 35.4 Å². The minimum atomic E-state index is -0.319. The summed E-state index contributed by atoms with van der Waals surface area (Å²) in [6.07, 6.45) is 5.14. The molecule has 45 heavy (non-hydrogen) atoms. The summed E-state index contributed by atoms with van der Waals surface area (Å²) in [7, 11) is 7.59. The molecule has 234 valence electrons. The number of carbonyl (C=O) groups excluding carboxylic acids is 1. The molecule has 12 heteroatoms. The van der Waals surface area contributed by atoms with Crippen molar-refractivity contribution < 1.29 is 19.5 Å². The van der Waals surface area contributed by atoms with Gasteiger partial charge in [-0.1, -0.05) is 24.8 Å². The molecule has 2 aromatic heterocycles. The average molecular weight is 611 g/mol. The van der Waals surface area contributed by atoms with Crippen LogP contribution in [0.1, 0.15) is 18.0 Å². The number of nitrogens with one attached hydrogen (secondary N) is 2. The van der Waals surface area contributed by atoms with Gasteiger partial charge in [-0.3, -0.25) is 9.63 Å². The molecule has 1 fully saturated rings. The van der Waals surface area contributed by atoms with E-state index < -0.39 is 0 Å². The number of amides is 1. The molecule has 1 saturated heterocycles. The number of hydrogen-bond acceptors (Lipinski definition) is 11. The van der Waals surface area contributed by atoms with E-state index in [0.717, 1.165) is 41.9 Å². The van der Waals surface area contributed by atoms with Gasteiger partial charge in [-0.15, -0.1) is 0 Å². The number of aromatic hydroxyl groups is 1. The van der Waals surface area contributed by atoms with E-state index in [-0.39, 0.29) is 17.8 Å². The van der Waals surface area contributed by atoms with Crippen molar-refractivity contribution in [2.45, 2.75) is 12.5 Å². The molecule has 0 spiro atoms. The van der Waals surface area contributed by atoms with Gasteiger partial charge in [0.05, 0.1) is 36.8 Å². The van der Waals surface area contributed by atoms with Gasteiger partial charge in [0.25, 0.3) is 0 Å². The molecule has 4 aromatic rings. The molecular weight excluding hydrogens is 572 g/mol. The third kappa shape index (κ3) is 7.48.